The van der Waals surface area contributed by atoms with Crippen LogP contribution in [-0.4, -0.2) is 32.7 Å². The van der Waals surface area contributed by atoms with Gasteiger partial charge < -0.3 is 14.8 Å². The van der Waals surface area contributed by atoms with Crippen LogP contribution < -0.4 is 15.0 Å². The number of nitrogens with one attached hydrogen (secondary N) is 1. The SMILES string of the molecule is CCCCCCCNC(=O)N(C)c1cccc(-c2ccc(CCC(=O)OC)cc2OCc2cccc(F)c2)c1. The summed E-state index contributed by atoms with van der Waals surface area (Å²) in [6, 6.07) is 19.6. The topological polar surface area (TPSA) is 67.9 Å². The summed E-state index contributed by atoms with van der Waals surface area (Å²) in [5, 5.41) is 3.00. The van der Waals surface area contributed by atoms with Crippen LogP contribution in [0.15, 0.2) is 66.7 Å². The summed E-state index contributed by atoms with van der Waals surface area (Å²) in [5.41, 5.74) is 4.09. The van der Waals surface area contributed by atoms with Gasteiger partial charge in [-0.15, -0.1) is 0 Å². The molecule has 3 aromatic rings. The third kappa shape index (κ3) is 9.43. The molecule has 0 atom stereocenters. The van der Waals surface area contributed by atoms with Crippen molar-refractivity contribution < 1.29 is 23.5 Å². The molecule has 0 spiro atoms. The van der Waals surface area contributed by atoms with E-state index in [4.69, 9.17) is 9.47 Å². The second-order valence-corrected chi connectivity index (χ2v) is 9.58. The number of carbonyl (C=O) groups is 2. The van der Waals surface area contributed by atoms with E-state index in [1.165, 1.54) is 38.5 Å². The van der Waals surface area contributed by atoms with E-state index in [9.17, 15) is 14.0 Å². The maximum Gasteiger partial charge on any atom is 0.321 e. The molecular formula is C32H39FN2O4. The molecule has 0 aliphatic heterocycles. The molecule has 0 saturated carbocycles. The Balaban J connectivity index is 1.78. The van der Waals surface area contributed by atoms with Gasteiger partial charge in [-0.2, -0.15) is 0 Å². The van der Waals surface area contributed by atoms with Crippen LogP contribution in [0.1, 0.15) is 56.6 Å². The maximum atomic E-state index is 13.7. The predicted octanol–water partition coefficient (Wildman–Crippen LogP) is 7.29. The molecule has 3 aromatic carbocycles. The first kappa shape index (κ1) is 29.7. The van der Waals surface area contributed by atoms with E-state index in [1.54, 1.807) is 18.0 Å². The van der Waals surface area contributed by atoms with Gasteiger partial charge in [-0.25, -0.2) is 9.18 Å². The molecule has 0 fully saturated rings. The lowest BCUT2D eigenvalue weighted by Gasteiger charge is -2.20. The Labute approximate surface area is 231 Å². The first-order valence-corrected chi connectivity index (χ1v) is 13.6. The fourth-order valence-corrected chi connectivity index (χ4v) is 4.26. The summed E-state index contributed by atoms with van der Waals surface area (Å²) < 4.78 is 24.6. The van der Waals surface area contributed by atoms with E-state index in [0.29, 0.717) is 24.3 Å². The number of nitrogens with zero attached hydrogens (tertiary/aromatic N) is 1. The van der Waals surface area contributed by atoms with Crippen LogP contribution in [0.25, 0.3) is 11.1 Å². The van der Waals surface area contributed by atoms with E-state index in [2.05, 4.69) is 12.2 Å². The van der Waals surface area contributed by atoms with Gasteiger partial charge in [-0.3, -0.25) is 9.69 Å². The van der Waals surface area contributed by atoms with Crippen LogP contribution in [-0.2, 0) is 22.6 Å². The number of urea groups is 1. The summed E-state index contributed by atoms with van der Waals surface area (Å²) in [6.45, 7) is 3.02. The number of methoxy groups -OCH3 is 1. The van der Waals surface area contributed by atoms with Gasteiger partial charge >= 0.3 is 12.0 Å². The Morgan fingerprint density at radius 3 is 2.49 bits per heavy atom. The minimum absolute atomic E-state index is 0.150. The zero-order valence-electron chi connectivity index (χ0n) is 23.2. The van der Waals surface area contributed by atoms with Crippen molar-refractivity contribution in [1.29, 1.82) is 0 Å². The lowest BCUT2D eigenvalue weighted by atomic mass is 10.00. The molecule has 0 unspecified atom stereocenters. The lowest BCUT2D eigenvalue weighted by Crippen LogP contribution is -2.37. The molecule has 0 aromatic heterocycles. The molecular weight excluding hydrogens is 495 g/mol. The fourth-order valence-electron chi connectivity index (χ4n) is 4.26. The van der Waals surface area contributed by atoms with Crippen molar-refractivity contribution in [2.24, 2.45) is 0 Å². The van der Waals surface area contributed by atoms with Crippen molar-refractivity contribution in [1.82, 2.24) is 5.32 Å². The Morgan fingerprint density at radius 2 is 1.72 bits per heavy atom. The second-order valence-electron chi connectivity index (χ2n) is 9.58. The van der Waals surface area contributed by atoms with Crippen molar-refractivity contribution in [3.8, 4) is 16.9 Å². The third-order valence-electron chi connectivity index (χ3n) is 6.58. The quantitative estimate of drug-likeness (QED) is 0.174. The molecule has 6 nitrogen and oxygen atoms in total. The maximum absolute atomic E-state index is 13.7. The number of benzene rings is 3. The molecule has 0 heterocycles. The monoisotopic (exact) mass is 534 g/mol. The summed E-state index contributed by atoms with van der Waals surface area (Å²) in [4.78, 5) is 26.0. The van der Waals surface area contributed by atoms with Crippen LogP contribution >= 0.6 is 0 Å². The standard InChI is InChI=1S/C32H39FN2O4/c1-4-5-6-7-8-19-34-32(37)35(2)28-14-10-12-26(22-28)29-17-15-24(16-18-31(36)38-3)21-30(29)39-23-25-11-9-13-27(33)20-25/h9-15,17,20-22H,4-8,16,18-19,23H2,1-3H3,(H,34,37). The van der Waals surface area contributed by atoms with Crippen LogP contribution in [0.4, 0.5) is 14.9 Å². The number of hydrogen-bond acceptors (Lipinski definition) is 4. The third-order valence-corrected chi connectivity index (χ3v) is 6.58. The summed E-state index contributed by atoms with van der Waals surface area (Å²) >= 11 is 0. The number of ether oxygens (including phenoxy) is 2. The second kappa shape index (κ2) is 15.5. The summed E-state index contributed by atoms with van der Waals surface area (Å²) in [7, 11) is 3.12. The van der Waals surface area contributed by atoms with Crippen molar-refractivity contribution in [3.05, 3.63) is 83.7 Å². The smallest absolute Gasteiger partial charge is 0.321 e. The van der Waals surface area contributed by atoms with Crippen molar-refractivity contribution in [3.63, 3.8) is 0 Å². The van der Waals surface area contributed by atoms with Gasteiger partial charge in [-0.05, 0) is 59.9 Å². The normalized spacial score (nSPS) is 10.7. The average molecular weight is 535 g/mol. The molecule has 0 bridgehead atoms. The molecule has 39 heavy (non-hydrogen) atoms. The number of hydrogen-bond donors (Lipinski definition) is 1. The number of carbonyl (C=O) groups excluding carboxylic acids is 2. The predicted molar refractivity (Wildman–Crippen MR) is 154 cm³/mol. The molecule has 3 rings (SSSR count). The molecule has 0 saturated heterocycles. The fraction of sp³-hybridized carbons (Fsp3) is 0.375. The van der Waals surface area contributed by atoms with Crippen molar-refractivity contribution in [2.75, 3.05) is 25.6 Å². The Hall–Kier alpha value is -3.87. The molecule has 1 N–H and O–H groups in total. The van der Waals surface area contributed by atoms with Gasteiger partial charge in [0, 0.05) is 31.3 Å². The van der Waals surface area contributed by atoms with Crippen LogP contribution in [0.3, 0.4) is 0 Å². The van der Waals surface area contributed by atoms with Gasteiger partial charge in [0.05, 0.1) is 7.11 Å². The molecule has 0 aliphatic rings. The Kier molecular flexibility index (Phi) is 11.8. The highest BCUT2D eigenvalue weighted by Gasteiger charge is 2.14. The number of halogens is 1. The van der Waals surface area contributed by atoms with E-state index in [-0.39, 0.29) is 30.8 Å². The summed E-state index contributed by atoms with van der Waals surface area (Å²) in [6.07, 6.45) is 6.45. The number of unbranched alkanes of at least 4 members (excludes halogenated alkanes) is 4. The minimum Gasteiger partial charge on any atom is -0.488 e. The largest absolute Gasteiger partial charge is 0.488 e. The molecule has 208 valence electrons. The molecule has 2 amide bonds. The van der Waals surface area contributed by atoms with E-state index >= 15 is 0 Å². The highest BCUT2D eigenvalue weighted by Crippen LogP contribution is 2.34. The highest BCUT2D eigenvalue weighted by molar-refractivity contribution is 5.92. The van der Waals surface area contributed by atoms with Crippen molar-refractivity contribution in [2.45, 2.75) is 58.5 Å². The number of esters is 1. The first-order chi connectivity index (χ1) is 18.9. The van der Waals surface area contributed by atoms with Crippen LogP contribution in [0, 0.1) is 5.82 Å². The number of aryl methyl sites for hydroxylation is 1. The zero-order chi connectivity index (χ0) is 28.0. The summed E-state index contributed by atoms with van der Waals surface area (Å²) in [5.74, 6) is 0.00682. The van der Waals surface area contributed by atoms with Gasteiger partial charge in [0.1, 0.15) is 18.2 Å². The Bertz CT molecular complexity index is 1230. The van der Waals surface area contributed by atoms with Gasteiger partial charge in [-0.1, -0.05) is 69.0 Å². The number of rotatable bonds is 14. The van der Waals surface area contributed by atoms with E-state index in [1.807, 2.05) is 48.5 Å². The highest BCUT2D eigenvalue weighted by atomic mass is 19.1. The van der Waals surface area contributed by atoms with E-state index in [0.717, 1.165) is 35.2 Å². The molecule has 0 radical (unpaired) electrons. The first-order valence-electron chi connectivity index (χ1n) is 13.6. The lowest BCUT2D eigenvalue weighted by molar-refractivity contribution is -0.140. The van der Waals surface area contributed by atoms with Gasteiger partial charge in [0.2, 0.25) is 0 Å². The minimum atomic E-state index is -0.321. The van der Waals surface area contributed by atoms with Crippen LogP contribution in [0.5, 0.6) is 5.75 Å². The van der Waals surface area contributed by atoms with Gasteiger partial charge in [0.15, 0.2) is 0 Å². The molecule has 0 aliphatic carbocycles. The van der Waals surface area contributed by atoms with Gasteiger partial charge in [0.25, 0.3) is 0 Å². The van der Waals surface area contributed by atoms with Crippen LogP contribution in [0.2, 0.25) is 0 Å². The Morgan fingerprint density at radius 1 is 0.923 bits per heavy atom. The van der Waals surface area contributed by atoms with Crippen molar-refractivity contribution >= 4 is 17.7 Å². The number of amides is 2. The van der Waals surface area contributed by atoms with E-state index < -0.39 is 0 Å². The number of anilines is 1. The zero-order valence-corrected chi connectivity index (χ0v) is 23.2. The molecule has 7 heteroatoms. The average Bonchev–Trinajstić information content (AvgIpc) is 2.96.